The Bertz CT molecular complexity index is 857. The van der Waals surface area contributed by atoms with Crippen molar-refractivity contribution in [2.24, 2.45) is 4.36 Å². The molecule has 0 amide bonds. The Balaban J connectivity index is 1.58. The highest BCUT2D eigenvalue weighted by molar-refractivity contribution is 7.90. The molecule has 1 N–H and O–H groups in total. The largest absolute Gasteiger partial charge is 0.356 e. The minimum absolute atomic E-state index is 0.151. The van der Waals surface area contributed by atoms with Crippen LogP contribution in [0.2, 0.25) is 0 Å². The van der Waals surface area contributed by atoms with Gasteiger partial charge in [-0.15, -0.1) is 0 Å². The fourth-order valence-electron chi connectivity index (χ4n) is 3.61. The molecule has 2 unspecified atom stereocenters. The third-order valence-corrected chi connectivity index (χ3v) is 7.06. The number of anilines is 1. The lowest BCUT2D eigenvalue weighted by molar-refractivity contribution is 0.0469. The lowest BCUT2D eigenvalue weighted by atomic mass is 9.91. The van der Waals surface area contributed by atoms with Crippen LogP contribution in [-0.2, 0) is 10.7 Å². The molecule has 5 nitrogen and oxygen atoms in total. The van der Waals surface area contributed by atoms with Crippen LogP contribution in [0.25, 0.3) is 11.0 Å². The molecule has 1 aliphatic rings. The van der Waals surface area contributed by atoms with Gasteiger partial charge in [-0.1, -0.05) is 23.2 Å². The highest BCUT2D eigenvalue weighted by atomic mass is 32.2. The predicted molar refractivity (Wildman–Crippen MR) is 113 cm³/mol. The van der Waals surface area contributed by atoms with E-state index in [1.165, 1.54) is 5.57 Å². The fraction of sp³-hybridized carbons (Fsp3) is 0.600. The smallest absolute Gasteiger partial charge is 0.269 e. The van der Waals surface area contributed by atoms with Gasteiger partial charge in [0.15, 0.2) is 6.17 Å². The van der Waals surface area contributed by atoms with Gasteiger partial charge in [-0.25, -0.2) is 23.1 Å². The molecule has 9 heteroatoms. The van der Waals surface area contributed by atoms with Gasteiger partial charge in [-0.2, -0.15) is 0 Å². The Morgan fingerprint density at radius 3 is 2.76 bits per heavy atom. The van der Waals surface area contributed by atoms with Gasteiger partial charge in [-0.05, 0) is 37.2 Å². The zero-order chi connectivity index (χ0) is 20.8. The Morgan fingerprint density at radius 2 is 2.07 bits per heavy atom. The first-order chi connectivity index (χ1) is 14.0. The molecule has 2 aromatic rings. The molecule has 29 heavy (non-hydrogen) atoms. The molecule has 0 radical (unpaired) electrons. The van der Waals surface area contributed by atoms with Crippen molar-refractivity contribution in [3.8, 4) is 0 Å². The van der Waals surface area contributed by atoms with E-state index in [4.69, 9.17) is 0 Å². The summed E-state index contributed by atoms with van der Waals surface area (Å²) >= 11 is 0. The van der Waals surface area contributed by atoms with Gasteiger partial charge >= 0.3 is 0 Å². The maximum atomic E-state index is 13.0. The monoisotopic (exact) mass is 427 g/mol. The van der Waals surface area contributed by atoms with E-state index in [0.717, 1.165) is 48.3 Å². The quantitative estimate of drug-likeness (QED) is 0.642. The number of fused-ring (bicyclic) bond motifs is 1. The van der Waals surface area contributed by atoms with Crippen molar-refractivity contribution in [3.63, 3.8) is 0 Å². The molecule has 0 aromatic carbocycles. The SMILES string of the molecule is CCS(C=C1CCC(N(C)c2ncnc3[nH]ccc23)CC1)=NCCC(F)C(F)F. The summed E-state index contributed by atoms with van der Waals surface area (Å²) in [6, 6.07) is 2.40. The van der Waals surface area contributed by atoms with Crippen LogP contribution in [-0.4, -0.2) is 52.9 Å². The molecule has 1 aliphatic carbocycles. The summed E-state index contributed by atoms with van der Waals surface area (Å²) in [5, 5.41) is 3.21. The Morgan fingerprint density at radius 1 is 1.31 bits per heavy atom. The van der Waals surface area contributed by atoms with Crippen LogP contribution in [0.15, 0.2) is 33.9 Å². The molecule has 2 heterocycles. The predicted octanol–water partition coefficient (Wildman–Crippen LogP) is 5.04. The number of hydrogen-bond acceptors (Lipinski definition) is 4. The van der Waals surface area contributed by atoms with E-state index in [9.17, 15) is 13.2 Å². The maximum Gasteiger partial charge on any atom is 0.269 e. The van der Waals surface area contributed by atoms with E-state index >= 15 is 0 Å². The second-order valence-electron chi connectivity index (χ2n) is 7.24. The summed E-state index contributed by atoms with van der Waals surface area (Å²) < 4.78 is 42.0. The summed E-state index contributed by atoms with van der Waals surface area (Å²) in [5.41, 5.74) is 2.21. The second-order valence-corrected chi connectivity index (χ2v) is 9.11. The number of allylic oxidation sites excluding steroid dienone is 1. The van der Waals surface area contributed by atoms with Crippen LogP contribution in [0.1, 0.15) is 39.0 Å². The average molecular weight is 428 g/mol. The summed E-state index contributed by atoms with van der Waals surface area (Å²) in [5.74, 6) is 1.77. The lowest BCUT2D eigenvalue weighted by Gasteiger charge is -2.33. The van der Waals surface area contributed by atoms with Gasteiger partial charge in [0, 0.05) is 38.0 Å². The van der Waals surface area contributed by atoms with Crippen molar-refractivity contribution in [3.05, 3.63) is 29.6 Å². The van der Waals surface area contributed by atoms with E-state index in [-0.39, 0.29) is 23.7 Å². The van der Waals surface area contributed by atoms with Gasteiger partial charge in [-0.3, -0.25) is 4.36 Å². The summed E-state index contributed by atoms with van der Waals surface area (Å²) in [6.07, 6.45) is 2.28. The minimum atomic E-state index is -2.92. The normalized spacial score (nSPS) is 19.7. The molecule has 160 valence electrons. The molecular weight excluding hydrogens is 399 g/mol. The van der Waals surface area contributed by atoms with Crippen molar-refractivity contribution in [2.75, 3.05) is 24.2 Å². The van der Waals surface area contributed by atoms with Crippen LogP contribution in [0.5, 0.6) is 0 Å². The highest BCUT2D eigenvalue weighted by Gasteiger charge is 2.23. The first-order valence-corrected chi connectivity index (χ1v) is 11.4. The standard InChI is InChI=1S/C20H28F3N5S/c1-3-29(27-11-9-17(21)18(22)23)12-14-4-6-15(7-5-14)28(2)20-16-8-10-24-19(16)25-13-26-20/h8,10,12-13,15,17-18H,3-7,9,11H2,1-2H3,(H,24,25,26). The van der Waals surface area contributed by atoms with Crippen molar-refractivity contribution in [1.82, 2.24) is 15.0 Å². The van der Waals surface area contributed by atoms with Gasteiger partial charge in [0.2, 0.25) is 0 Å². The van der Waals surface area contributed by atoms with E-state index in [0.29, 0.717) is 6.04 Å². The maximum absolute atomic E-state index is 13.0. The highest BCUT2D eigenvalue weighted by Crippen LogP contribution is 2.31. The number of rotatable bonds is 8. The first-order valence-electron chi connectivity index (χ1n) is 9.99. The van der Waals surface area contributed by atoms with Crippen molar-refractivity contribution in [2.45, 2.75) is 57.7 Å². The number of aromatic nitrogens is 3. The topological polar surface area (TPSA) is 57.2 Å². The molecular formula is C20H28F3N5S. The lowest BCUT2D eigenvalue weighted by Crippen LogP contribution is -2.34. The van der Waals surface area contributed by atoms with Crippen LogP contribution >= 0.6 is 0 Å². The molecule has 0 aliphatic heterocycles. The second kappa shape index (κ2) is 10.2. The number of nitrogens with one attached hydrogen (secondary N) is 1. The van der Waals surface area contributed by atoms with Crippen LogP contribution in [0.4, 0.5) is 19.0 Å². The number of halogens is 3. The zero-order valence-electron chi connectivity index (χ0n) is 16.8. The van der Waals surface area contributed by atoms with Crippen molar-refractivity contribution >= 4 is 27.5 Å². The summed E-state index contributed by atoms with van der Waals surface area (Å²) in [4.78, 5) is 14.1. The molecule has 1 saturated carbocycles. The van der Waals surface area contributed by atoms with Gasteiger partial charge in [0.25, 0.3) is 6.43 Å². The Hall–Kier alpha value is -1.90. The van der Waals surface area contributed by atoms with Crippen LogP contribution in [0.3, 0.4) is 0 Å². The molecule has 1 fully saturated rings. The fourth-order valence-corrected chi connectivity index (χ4v) is 5.00. The van der Waals surface area contributed by atoms with Gasteiger partial charge in [0.05, 0.1) is 5.39 Å². The van der Waals surface area contributed by atoms with Gasteiger partial charge in [0.1, 0.15) is 17.8 Å². The number of aromatic amines is 1. The Labute approximate surface area is 171 Å². The van der Waals surface area contributed by atoms with E-state index in [2.05, 4.69) is 36.7 Å². The zero-order valence-corrected chi connectivity index (χ0v) is 17.6. The van der Waals surface area contributed by atoms with Crippen molar-refractivity contribution < 1.29 is 13.2 Å². The molecule has 0 spiro atoms. The molecule has 3 rings (SSSR count). The number of H-pyrrole nitrogens is 1. The average Bonchev–Trinajstić information content (AvgIpc) is 3.21. The number of alkyl halides is 3. The van der Waals surface area contributed by atoms with Crippen LogP contribution < -0.4 is 4.90 Å². The first kappa shape index (κ1) is 21.8. The third-order valence-electron chi connectivity index (χ3n) is 5.35. The molecule has 0 bridgehead atoms. The summed E-state index contributed by atoms with van der Waals surface area (Å²) in [7, 11) is 1.76. The van der Waals surface area contributed by atoms with E-state index in [1.54, 1.807) is 6.33 Å². The minimum Gasteiger partial charge on any atom is -0.356 e. The van der Waals surface area contributed by atoms with Crippen LogP contribution in [0, 0.1) is 0 Å². The number of nitrogens with zero attached hydrogens (tertiary/aromatic N) is 4. The van der Waals surface area contributed by atoms with E-state index < -0.39 is 12.6 Å². The molecule has 0 saturated heterocycles. The van der Waals surface area contributed by atoms with Gasteiger partial charge < -0.3 is 9.88 Å². The molecule has 2 aromatic heterocycles. The van der Waals surface area contributed by atoms with Crippen molar-refractivity contribution in [1.29, 1.82) is 0 Å². The van der Waals surface area contributed by atoms with E-state index in [1.807, 2.05) is 19.2 Å². The third kappa shape index (κ3) is 5.58. The summed E-state index contributed by atoms with van der Waals surface area (Å²) in [6.45, 7) is 2.18. The Kier molecular flexibility index (Phi) is 7.69. The number of hydrogen-bond donors (Lipinski definition) is 1. The molecule has 2 atom stereocenters.